The maximum atomic E-state index is 14.3. The second kappa shape index (κ2) is 9.85. The van der Waals surface area contributed by atoms with Crippen molar-refractivity contribution in [3.05, 3.63) is 69.2 Å². The molecule has 2 fully saturated rings. The van der Waals surface area contributed by atoms with E-state index in [0.717, 1.165) is 22.2 Å². The highest BCUT2D eigenvalue weighted by Crippen LogP contribution is 2.53. The monoisotopic (exact) mass is 580 g/mol. The number of methoxy groups -OCH3 is 1. The molecule has 0 bridgehead atoms. The van der Waals surface area contributed by atoms with E-state index in [1.807, 2.05) is 19.1 Å². The van der Waals surface area contributed by atoms with Gasteiger partial charge < -0.3 is 9.64 Å². The fourth-order valence-corrected chi connectivity index (χ4v) is 6.95. The molecule has 1 saturated carbocycles. The molecule has 1 aliphatic carbocycles. The van der Waals surface area contributed by atoms with E-state index in [-0.39, 0.29) is 34.0 Å². The molecular weight excluding hydrogens is 553 g/mol. The first kappa shape index (κ1) is 27.2. The minimum atomic E-state index is -4.72. The Kier molecular flexibility index (Phi) is 6.54. The van der Waals surface area contributed by atoms with Gasteiger partial charge in [-0.15, -0.1) is 11.3 Å². The summed E-state index contributed by atoms with van der Waals surface area (Å²) in [6.45, 7) is 4.95. The minimum Gasteiger partial charge on any atom is -0.497 e. The van der Waals surface area contributed by atoms with E-state index in [1.54, 1.807) is 29.2 Å². The van der Waals surface area contributed by atoms with Crippen LogP contribution in [0.1, 0.15) is 51.1 Å². The van der Waals surface area contributed by atoms with E-state index < -0.39 is 17.8 Å². The molecule has 212 valence electrons. The highest BCUT2D eigenvalue weighted by Gasteiger charge is 2.52. The number of carbonyl (C=O) groups is 1. The zero-order valence-electron chi connectivity index (χ0n) is 22.7. The molecule has 3 aromatic heterocycles. The number of halogens is 3. The predicted molar refractivity (Wildman–Crippen MR) is 147 cm³/mol. The number of aromatic nitrogens is 3. The van der Waals surface area contributed by atoms with Gasteiger partial charge in [0.05, 0.1) is 24.5 Å². The normalized spacial score (nSPS) is 18.9. The van der Waals surface area contributed by atoms with Crippen LogP contribution in [0.4, 0.5) is 13.2 Å². The molecule has 0 spiro atoms. The van der Waals surface area contributed by atoms with Crippen LogP contribution in [0.25, 0.3) is 16.9 Å². The van der Waals surface area contributed by atoms with Crippen molar-refractivity contribution >= 4 is 22.9 Å². The van der Waals surface area contributed by atoms with Crippen molar-refractivity contribution in [3.8, 4) is 23.1 Å². The van der Waals surface area contributed by atoms with Crippen molar-refractivity contribution < 1.29 is 22.7 Å². The SMILES string of the molecule is COc1ccc(-c2nc3c(C(=O)N4CCN(C5(c6ccc(C#N)s6)CC5)C[C@H]4C)cnn3c(C(F)(F)F)c2C)cc1. The number of carbonyl (C=O) groups excluding carboxylic acids is 1. The van der Waals surface area contributed by atoms with Crippen LogP contribution in [-0.4, -0.2) is 63.1 Å². The third-order valence-corrected chi connectivity index (χ3v) is 9.32. The number of thiophene rings is 1. The number of nitriles is 1. The number of nitrogens with zero attached hydrogens (tertiary/aromatic N) is 6. The molecule has 41 heavy (non-hydrogen) atoms. The number of piperazine rings is 1. The van der Waals surface area contributed by atoms with Crippen LogP contribution >= 0.6 is 11.3 Å². The lowest BCUT2D eigenvalue weighted by molar-refractivity contribution is -0.143. The summed E-state index contributed by atoms with van der Waals surface area (Å²) in [6, 6.07) is 12.5. The van der Waals surface area contributed by atoms with Crippen molar-refractivity contribution in [1.29, 1.82) is 5.26 Å². The molecule has 4 aromatic rings. The van der Waals surface area contributed by atoms with Crippen molar-refractivity contribution in [2.24, 2.45) is 0 Å². The van der Waals surface area contributed by atoms with E-state index in [1.165, 1.54) is 31.6 Å². The molecule has 1 atom stereocenters. The molecule has 1 aromatic carbocycles. The first-order valence-corrected chi connectivity index (χ1v) is 14.1. The first-order chi connectivity index (χ1) is 19.6. The lowest BCUT2D eigenvalue weighted by atomic mass is 10.0. The van der Waals surface area contributed by atoms with Gasteiger partial charge in [0.1, 0.15) is 22.3 Å². The van der Waals surface area contributed by atoms with Gasteiger partial charge in [-0.3, -0.25) is 9.69 Å². The maximum Gasteiger partial charge on any atom is 0.433 e. The molecule has 1 saturated heterocycles. The Morgan fingerprint density at radius 3 is 2.49 bits per heavy atom. The summed E-state index contributed by atoms with van der Waals surface area (Å²) in [7, 11) is 1.51. The Morgan fingerprint density at radius 1 is 1.17 bits per heavy atom. The lowest BCUT2D eigenvalue weighted by Gasteiger charge is -2.43. The van der Waals surface area contributed by atoms with Gasteiger partial charge >= 0.3 is 6.18 Å². The van der Waals surface area contributed by atoms with Gasteiger partial charge in [-0.2, -0.15) is 23.5 Å². The lowest BCUT2D eigenvalue weighted by Crippen LogP contribution is -2.56. The van der Waals surface area contributed by atoms with Gasteiger partial charge in [-0.25, -0.2) is 9.50 Å². The Hall–Kier alpha value is -3.95. The standard InChI is InChI=1S/C29H27F3N6O2S/c1-17-16-36(28(10-11-28)23-9-8-21(14-33)41-23)12-13-37(17)27(39)22-15-34-38-25(29(30,31)32)18(2)24(35-26(22)38)19-4-6-20(40-3)7-5-19/h4-9,15,17H,10-13,16H2,1-3H3/t17-/m1/s1. The molecule has 12 heteroatoms. The topological polar surface area (TPSA) is 86.8 Å². The van der Waals surface area contributed by atoms with Crippen molar-refractivity contribution in [2.75, 3.05) is 26.7 Å². The fourth-order valence-electron chi connectivity index (χ4n) is 5.88. The van der Waals surface area contributed by atoms with Gasteiger partial charge in [0, 0.05) is 41.7 Å². The number of ether oxygens (including phenoxy) is 1. The Morgan fingerprint density at radius 2 is 1.90 bits per heavy atom. The van der Waals surface area contributed by atoms with Crippen LogP contribution in [0, 0.1) is 18.3 Å². The molecular formula is C29H27F3N6O2S. The molecule has 0 unspecified atom stereocenters. The first-order valence-electron chi connectivity index (χ1n) is 13.2. The van der Waals surface area contributed by atoms with Crippen LogP contribution < -0.4 is 4.74 Å². The third kappa shape index (κ3) is 4.53. The summed E-state index contributed by atoms with van der Waals surface area (Å²) >= 11 is 1.51. The molecule has 4 heterocycles. The number of hydrogen-bond acceptors (Lipinski definition) is 7. The molecule has 2 aliphatic rings. The summed E-state index contributed by atoms with van der Waals surface area (Å²) in [5.74, 6) is 0.166. The average molecular weight is 581 g/mol. The van der Waals surface area contributed by atoms with Crippen LogP contribution in [0.5, 0.6) is 5.75 Å². The molecule has 6 rings (SSSR count). The molecule has 0 N–H and O–H groups in total. The zero-order valence-corrected chi connectivity index (χ0v) is 23.5. The highest BCUT2D eigenvalue weighted by atomic mass is 32.1. The largest absolute Gasteiger partial charge is 0.497 e. The van der Waals surface area contributed by atoms with Crippen molar-refractivity contribution in [2.45, 2.75) is 44.4 Å². The van der Waals surface area contributed by atoms with Gasteiger partial charge in [-0.1, -0.05) is 0 Å². The van der Waals surface area contributed by atoms with E-state index in [2.05, 4.69) is 21.1 Å². The average Bonchev–Trinajstić information content (AvgIpc) is 3.42. The maximum absolute atomic E-state index is 14.3. The highest BCUT2D eigenvalue weighted by molar-refractivity contribution is 7.12. The molecule has 8 nitrogen and oxygen atoms in total. The van der Waals surface area contributed by atoms with Gasteiger partial charge in [-0.05, 0) is 63.1 Å². The van der Waals surface area contributed by atoms with E-state index >= 15 is 0 Å². The summed E-state index contributed by atoms with van der Waals surface area (Å²) in [5, 5.41) is 13.2. The molecule has 1 amide bonds. The van der Waals surface area contributed by atoms with Crippen LogP contribution in [-0.2, 0) is 11.7 Å². The summed E-state index contributed by atoms with van der Waals surface area (Å²) < 4.78 is 48.9. The quantitative estimate of drug-likeness (QED) is 0.310. The number of alkyl halides is 3. The van der Waals surface area contributed by atoms with Gasteiger partial charge in [0.2, 0.25) is 0 Å². The summed E-state index contributed by atoms with van der Waals surface area (Å²) in [5.41, 5.74) is -0.653. The van der Waals surface area contributed by atoms with E-state index in [0.29, 0.717) is 35.8 Å². The number of fused-ring (bicyclic) bond motifs is 1. The Bertz CT molecular complexity index is 1680. The Balaban J connectivity index is 1.33. The van der Waals surface area contributed by atoms with E-state index in [9.17, 15) is 23.2 Å². The van der Waals surface area contributed by atoms with Crippen LogP contribution in [0.3, 0.4) is 0 Å². The molecule has 1 aliphatic heterocycles. The van der Waals surface area contributed by atoms with Crippen molar-refractivity contribution in [3.63, 3.8) is 0 Å². The van der Waals surface area contributed by atoms with Gasteiger partial charge in [0.25, 0.3) is 5.91 Å². The number of rotatable bonds is 5. The summed E-state index contributed by atoms with van der Waals surface area (Å²) in [4.78, 5) is 24.3. The fraction of sp³-hybridized carbons (Fsp3) is 0.379. The second-order valence-corrected chi connectivity index (χ2v) is 11.6. The minimum absolute atomic E-state index is 0.0311. The Labute approximate surface area is 238 Å². The van der Waals surface area contributed by atoms with Crippen LogP contribution in [0.2, 0.25) is 0 Å². The second-order valence-electron chi connectivity index (χ2n) is 10.6. The predicted octanol–water partition coefficient (Wildman–Crippen LogP) is 5.50. The van der Waals surface area contributed by atoms with Crippen molar-refractivity contribution in [1.82, 2.24) is 24.4 Å². The number of amides is 1. The number of benzene rings is 1. The zero-order chi connectivity index (χ0) is 29.1. The number of hydrogen-bond donors (Lipinski definition) is 0. The third-order valence-electron chi connectivity index (χ3n) is 8.14. The van der Waals surface area contributed by atoms with Crippen LogP contribution in [0.15, 0.2) is 42.6 Å². The van der Waals surface area contributed by atoms with E-state index in [4.69, 9.17) is 4.74 Å². The smallest absolute Gasteiger partial charge is 0.433 e. The molecule has 0 radical (unpaired) electrons. The summed E-state index contributed by atoms with van der Waals surface area (Å²) in [6.07, 6.45) is -1.55. The van der Waals surface area contributed by atoms with Gasteiger partial charge in [0.15, 0.2) is 11.3 Å².